The molecule has 0 saturated heterocycles. The van der Waals surface area contributed by atoms with Crippen LogP contribution in [0.15, 0.2) is 69.5 Å². The van der Waals surface area contributed by atoms with Crippen LogP contribution in [0.2, 0.25) is 0 Å². The zero-order chi connectivity index (χ0) is 20.1. The van der Waals surface area contributed by atoms with Gasteiger partial charge < -0.3 is 4.55 Å². The first-order valence-electron chi connectivity index (χ1n) is 8.37. The molecule has 142 valence electrons. The SMILES string of the molecule is Cc1cccc(C=Nc2ccc(N=Cc3cccc(C)n3)c(S(=O)(=O)[O-])c2)n1.[Na+]. The largest absolute Gasteiger partial charge is 1.00 e. The number of nitrogens with zero attached hydrogens (tertiary/aromatic N) is 4. The monoisotopic (exact) mass is 416 g/mol. The molecule has 0 aliphatic rings. The van der Waals surface area contributed by atoms with Gasteiger partial charge in [-0.2, -0.15) is 0 Å². The molecule has 0 fully saturated rings. The van der Waals surface area contributed by atoms with E-state index in [1.54, 1.807) is 18.2 Å². The van der Waals surface area contributed by atoms with Gasteiger partial charge in [-0.1, -0.05) is 12.1 Å². The fourth-order valence-electron chi connectivity index (χ4n) is 2.44. The van der Waals surface area contributed by atoms with Crippen LogP contribution in [0.3, 0.4) is 0 Å². The number of hydrogen-bond acceptors (Lipinski definition) is 7. The second-order valence-corrected chi connectivity index (χ2v) is 7.38. The molecule has 0 aliphatic heterocycles. The Morgan fingerprint density at radius 2 is 1.41 bits per heavy atom. The molecule has 0 amide bonds. The summed E-state index contributed by atoms with van der Waals surface area (Å²) in [7, 11) is -4.73. The van der Waals surface area contributed by atoms with Gasteiger partial charge in [0.25, 0.3) is 0 Å². The van der Waals surface area contributed by atoms with E-state index in [1.807, 2.05) is 38.1 Å². The molecule has 0 saturated carbocycles. The van der Waals surface area contributed by atoms with Gasteiger partial charge in [-0.05, 0) is 56.3 Å². The molecule has 3 rings (SSSR count). The molecular weight excluding hydrogens is 399 g/mol. The van der Waals surface area contributed by atoms with Gasteiger partial charge in [-0.15, -0.1) is 0 Å². The van der Waals surface area contributed by atoms with Crippen LogP contribution in [0.25, 0.3) is 0 Å². The van der Waals surface area contributed by atoms with Crippen LogP contribution < -0.4 is 29.6 Å². The quantitative estimate of drug-likeness (QED) is 0.342. The van der Waals surface area contributed by atoms with E-state index >= 15 is 0 Å². The van der Waals surface area contributed by atoms with E-state index in [2.05, 4.69) is 20.0 Å². The third-order valence-corrected chi connectivity index (χ3v) is 4.58. The maximum absolute atomic E-state index is 11.7. The standard InChI is InChI=1S/C20H18N4O3S.Na/c1-14-5-3-7-17(23-14)12-21-16-9-10-19(20(11-16)28(25,26)27)22-13-18-8-4-6-15(2)24-18;/h3-13H,1-2H3,(H,25,26,27);/q;+1/p-1. The second kappa shape index (κ2) is 10.00. The van der Waals surface area contributed by atoms with Gasteiger partial charge in [-0.25, -0.2) is 8.42 Å². The molecule has 0 unspecified atom stereocenters. The van der Waals surface area contributed by atoms with Crippen molar-refractivity contribution in [1.29, 1.82) is 0 Å². The summed E-state index contributed by atoms with van der Waals surface area (Å²) in [6.45, 7) is 3.69. The Morgan fingerprint density at radius 3 is 1.93 bits per heavy atom. The maximum atomic E-state index is 11.7. The Hall–Kier alpha value is -2.23. The topological polar surface area (TPSA) is 108 Å². The smallest absolute Gasteiger partial charge is 0.744 e. The van der Waals surface area contributed by atoms with Gasteiger partial charge in [0.05, 0.1) is 40.1 Å². The minimum absolute atomic E-state index is 0. The summed E-state index contributed by atoms with van der Waals surface area (Å²) in [4.78, 5) is 16.4. The number of rotatable bonds is 5. The molecule has 3 aromatic rings. The van der Waals surface area contributed by atoms with Crippen molar-refractivity contribution >= 4 is 33.9 Å². The van der Waals surface area contributed by atoms with Crippen molar-refractivity contribution in [2.45, 2.75) is 18.7 Å². The van der Waals surface area contributed by atoms with Gasteiger partial charge >= 0.3 is 29.6 Å². The molecule has 7 nitrogen and oxygen atoms in total. The number of aliphatic imine (C=N–C) groups is 2. The summed E-state index contributed by atoms with van der Waals surface area (Å²) in [5, 5.41) is 0. The molecule has 0 N–H and O–H groups in total. The van der Waals surface area contributed by atoms with Crippen LogP contribution in [0, 0.1) is 13.8 Å². The maximum Gasteiger partial charge on any atom is 1.00 e. The molecule has 2 heterocycles. The van der Waals surface area contributed by atoms with Crippen LogP contribution in [0.4, 0.5) is 11.4 Å². The van der Waals surface area contributed by atoms with Crippen molar-refractivity contribution in [2.24, 2.45) is 9.98 Å². The van der Waals surface area contributed by atoms with Crippen molar-refractivity contribution in [3.8, 4) is 0 Å². The summed E-state index contributed by atoms with van der Waals surface area (Å²) >= 11 is 0. The Kier molecular flexibility index (Phi) is 7.95. The minimum Gasteiger partial charge on any atom is -0.744 e. The van der Waals surface area contributed by atoms with Crippen LogP contribution in [-0.2, 0) is 10.1 Å². The summed E-state index contributed by atoms with van der Waals surface area (Å²) in [6.07, 6.45) is 2.92. The third kappa shape index (κ3) is 6.66. The van der Waals surface area contributed by atoms with E-state index in [0.29, 0.717) is 17.1 Å². The Morgan fingerprint density at radius 1 is 0.862 bits per heavy atom. The fourth-order valence-corrected chi connectivity index (χ4v) is 3.08. The Labute approximate surface area is 191 Å². The van der Waals surface area contributed by atoms with Crippen molar-refractivity contribution in [3.63, 3.8) is 0 Å². The molecule has 29 heavy (non-hydrogen) atoms. The summed E-state index contributed by atoms with van der Waals surface area (Å²) < 4.78 is 35.0. The van der Waals surface area contributed by atoms with E-state index < -0.39 is 15.0 Å². The van der Waals surface area contributed by atoms with Crippen molar-refractivity contribution in [3.05, 3.63) is 77.4 Å². The Bertz CT molecular complexity index is 1180. The molecule has 0 atom stereocenters. The van der Waals surface area contributed by atoms with Gasteiger partial charge in [-0.3, -0.25) is 20.0 Å². The average Bonchev–Trinajstić information content (AvgIpc) is 2.64. The molecule has 0 bridgehead atoms. The number of hydrogen-bond donors (Lipinski definition) is 0. The van der Waals surface area contributed by atoms with Crippen molar-refractivity contribution in [2.75, 3.05) is 0 Å². The van der Waals surface area contributed by atoms with Gasteiger partial charge in [0.1, 0.15) is 10.1 Å². The summed E-state index contributed by atoms with van der Waals surface area (Å²) in [6, 6.07) is 15.1. The number of aromatic nitrogens is 2. The molecule has 0 aliphatic carbocycles. The van der Waals surface area contributed by atoms with Crippen LogP contribution in [-0.4, -0.2) is 35.4 Å². The third-order valence-electron chi connectivity index (χ3n) is 3.71. The predicted molar refractivity (Wildman–Crippen MR) is 107 cm³/mol. The fraction of sp³-hybridized carbons (Fsp3) is 0.100. The van der Waals surface area contributed by atoms with E-state index in [1.165, 1.54) is 24.6 Å². The predicted octanol–water partition coefficient (Wildman–Crippen LogP) is 0.503. The summed E-state index contributed by atoms with van der Waals surface area (Å²) in [5.74, 6) is 0. The zero-order valence-corrected chi connectivity index (χ0v) is 19.1. The van der Waals surface area contributed by atoms with Gasteiger partial charge in [0.2, 0.25) is 0 Å². The zero-order valence-electron chi connectivity index (χ0n) is 16.3. The van der Waals surface area contributed by atoms with Crippen molar-refractivity contribution in [1.82, 2.24) is 9.97 Å². The Balaban J connectivity index is 0.00000300. The number of benzene rings is 1. The van der Waals surface area contributed by atoms with E-state index in [0.717, 1.165) is 11.4 Å². The first kappa shape index (κ1) is 23.1. The number of pyridine rings is 2. The summed E-state index contributed by atoms with van der Waals surface area (Å²) in [5.41, 5.74) is 3.16. The second-order valence-electron chi connectivity index (χ2n) is 6.03. The van der Waals surface area contributed by atoms with Crippen LogP contribution in [0.1, 0.15) is 22.8 Å². The molecule has 0 radical (unpaired) electrons. The first-order chi connectivity index (χ1) is 13.3. The number of aryl methyl sites for hydroxylation is 2. The average molecular weight is 416 g/mol. The van der Waals surface area contributed by atoms with Crippen LogP contribution in [0.5, 0.6) is 0 Å². The molecule has 1 aromatic carbocycles. The van der Waals surface area contributed by atoms with Crippen LogP contribution >= 0.6 is 0 Å². The molecule has 0 spiro atoms. The molecule has 2 aromatic heterocycles. The molecular formula is C20H17N4NaO3S. The minimum atomic E-state index is -4.73. The molecule has 9 heteroatoms. The normalized spacial score (nSPS) is 11.7. The van der Waals surface area contributed by atoms with Gasteiger partial charge in [0, 0.05) is 11.4 Å². The van der Waals surface area contributed by atoms with Gasteiger partial charge in [0.15, 0.2) is 0 Å². The van der Waals surface area contributed by atoms with E-state index in [4.69, 9.17) is 0 Å². The first-order valence-corrected chi connectivity index (χ1v) is 9.77. The van der Waals surface area contributed by atoms with E-state index in [-0.39, 0.29) is 35.2 Å². The van der Waals surface area contributed by atoms with Crippen molar-refractivity contribution < 1.29 is 42.5 Å². The van der Waals surface area contributed by atoms with E-state index in [9.17, 15) is 13.0 Å².